The van der Waals surface area contributed by atoms with Gasteiger partial charge in [-0.3, -0.25) is 4.79 Å². The second-order valence-electron chi connectivity index (χ2n) is 13.0. The molecule has 1 amide bonds. The highest BCUT2D eigenvalue weighted by atomic mass is 16.1. The lowest BCUT2D eigenvalue weighted by Gasteiger charge is -2.32. The molecule has 0 aliphatic heterocycles. The van der Waals surface area contributed by atoms with E-state index >= 15 is 0 Å². The Kier molecular flexibility index (Phi) is 20.6. The molecule has 0 atom stereocenters. The maximum absolute atomic E-state index is 12.2. The van der Waals surface area contributed by atoms with Crippen molar-refractivity contribution in [2.45, 2.75) is 164 Å². The van der Waals surface area contributed by atoms with Crippen molar-refractivity contribution in [3.05, 3.63) is 58.7 Å². The molecule has 40 heavy (non-hydrogen) atoms. The minimum absolute atomic E-state index is 0.179. The van der Waals surface area contributed by atoms with Crippen molar-refractivity contribution < 1.29 is 4.79 Å². The Labute approximate surface area is 249 Å². The summed E-state index contributed by atoms with van der Waals surface area (Å²) < 4.78 is 0. The summed E-state index contributed by atoms with van der Waals surface area (Å²) in [4.78, 5) is 12.2. The number of amides is 1. The normalized spacial score (nSPS) is 16.4. The van der Waals surface area contributed by atoms with Gasteiger partial charge in [0.15, 0.2) is 0 Å². The van der Waals surface area contributed by atoms with Crippen LogP contribution in [0, 0.1) is 5.41 Å². The van der Waals surface area contributed by atoms with E-state index in [2.05, 4.69) is 83.3 Å². The third kappa shape index (κ3) is 18.5. The lowest BCUT2D eigenvalue weighted by Crippen LogP contribution is -2.22. The number of carbonyl (C=O) groups is 1. The second-order valence-corrected chi connectivity index (χ2v) is 13.0. The maximum Gasteiger partial charge on any atom is 0.220 e. The van der Waals surface area contributed by atoms with Crippen LogP contribution in [-0.2, 0) is 4.79 Å². The Morgan fingerprint density at radius 3 is 1.90 bits per heavy atom. The number of hydrogen-bond donors (Lipinski definition) is 1. The van der Waals surface area contributed by atoms with Crippen molar-refractivity contribution in [3.8, 4) is 0 Å². The van der Waals surface area contributed by atoms with E-state index in [-0.39, 0.29) is 11.3 Å². The minimum atomic E-state index is 0.179. The van der Waals surface area contributed by atoms with Gasteiger partial charge in [-0.2, -0.15) is 0 Å². The Balaban J connectivity index is 2.08. The smallest absolute Gasteiger partial charge is 0.220 e. The zero-order valence-electron chi connectivity index (χ0n) is 27.5. The van der Waals surface area contributed by atoms with Gasteiger partial charge in [0.05, 0.1) is 0 Å². The van der Waals surface area contributed by atoms with Crippen LogP contribution in [0.25, 0.3) is 0 Å². The summed E-state index contributed by atoms with van der Waals surface area (Å²) >= 11 is 0. The van der Waals surface area contributed by atoms with E-state index in [1.54, 1.807) is 0 Å². The molecule has 0 saturated carbocycles. The van der Waals surface area contributed by atoms with Crippen LogP contribution in [0.4, 0.5) is 0 Å². The molecule has 228 valence electrons. The van der Waals surface area contributed by atoms with E-state index in [4.69, 9.17) is 0 Å². The maximum atomic E-state index is 12.2. The van der Waals surface area contributed by atoms with Gasteiger partial charge in [-0.15, -0.1) is 0 Å². The predicted octanol–water partition coefficient (Wildman–Crippen LogP) is 11.9. The zero-order chi connectivity index (χ0) is 29.5. The van der Waals surface area contributed by atoms with Crippen LogP contribution in [-0.4, -0.2) is 12.5 Å². The van der Waals surface area contributed by atoms with Gasteiger partial charge >= 0.3 is 0 Å². The van der Waals surface area contributed by atoms with E-state index in [9.17, 15) is 4.79 Å². The molecule has 0 bridgehead atoms. The third-order valence-corrected chi connectivity index (χ3v) is 8.50. The summed E-state index contributed by atoms with van der Waals surface area (Å²) in [5, 5.41) is 3.05. The molecule has 0 heterocycles. The molecule has 0 aromatic heterocycles. The van der Waals surface area contributed by atoms with Crippen LogP contribution in [0.5, 0.6) is 0 Å². The average molecular weight is 552 g/mol. The second kappa shape index (κ2) is 22.8. The summed E-state index contributed by atoms with van der Waals surface area (Å²) in [5.74, 6) is 0.179. The van der Waals surface area contributed by atoms with Gasteiger partial charge in [-0.25, -0.2) is 0 Å². The van der Waals surface area contributed by atoms with E-state index in [0.29, 0.717) is 13.0 Å². The fourth-order valence-electron chi connectivity index (χ4n) is 5.77. The zero-order valence-corrected chi connectivity index (χ0v) is 27.5. The fraction of sp³-hybridized carbons (Fsp3) is 0.711. The summed E-state index contributed by atoms with van der Waals surface area (Å²) in [5.41, 5.74) is 5.75. The molecule has 2 nitrogen and oxygen atoms in total. The highest BCUT2D eigenvalue weighted by molar-refractivity contribution is 5.75. The van der Waals surface area contributed by atoms with Crippen LogP contribution < -0.4 is 5.32 Å². The monoisotopic (exact) mass is 552 g/mol. The van der Waals surface area contributed by atoms with Gasteiger partial charge in [-0.05, 0) is 57.4 Å². The van der Waals surface area contributed by atoms with Crippen molar-refractivity contribution in [2.75, 3.05) is 6.54 Å². The first-order valence-electron chi connectivity index (χ1n) is 16.9. The molecule has 1 N–H and O–H groups in total. The largest absolute Gasteiger partial charge is 0.353 e. The molecule has 1 aliphatic carbocycles. The molecular formula is C38H65NO. The van der Waals surface area contributed by atoms with Crippen molar-refractivity contribution in [2.24, 2.45) is 5.41 Å². The Morgan fingerprint density at radius 2 is 1.35 bits per heavy atom. The van der Waals surface area contributed by atoms with Crippen LogP contribution in [0.1, 0.15) is 164 Å². The first kappa shape index (κ1) is 36.2. The number of rotatable bonds is 22. The molecule has 0 fully saturated rings. The molecule has 0 aromatic rings. The Bertz CT molecular complexity index is 836. The lowest BCUT2D eigenvalue weighted by molar-refractivity contribution is -0.121. The van der Waals surface area contributed by atoms with E-state index in [1.165, 1.54) is 131 Å². The number of allylic oxidation sites excluding steroid dienone is 9. The number of unbranched alkanes of at least 4 members (excludes halogenated alkanes) is 14. The van der Waals surface area contributed by atoms with Gasteiger partial charge in [-0.1, -0.05) is 164 Å². The van der Waals surface area contributed by atoms with Crippen LogP contribution in [0.3, 0.4) is 0 Å². The summed E-state index contributed by atoms with van der Waals surface area (Å²) in [7, 11) is 0. The topological polar surface area (TPSA) is 29.1 Å². The number of nitrogens with one attached hydrogen (secondary N) is 1. The van der Waals surface area contributed by atoms with Crippen molar-refractivity contribution in [1.29, 1.82) is 0 Å². The molecule has 0 spiro atoms. The van der Waals surface area contributed by atoms with Crippen molar-refractivity contribution >= 4 is 5.91 Å². The van der Waals surface area contributed by atoms with Crippen molar-refractivity contribution in [1.82, 2.24) is 5.32 Å². The minimum Gasteiger partial charge on any atom is -0.353 e. The quantitative estimate of drug-likeness (QED) is 0.105. The molecule has 2 heteroatoms. The van der Waals surface area contributed by atoms with E-state index in [0.717, 1.165) is 6.42 Å². The molecular weight excluding hydrogens is 486 g/mol. The Hall–Kier alpha value is -1.83. The van der Waals surface area contributed by atoms with Crippen LogP contribution >= 0.6 is 0 Å². The predicted molar refractivity (Wildman–Crippen MR) is 179 cm³/mol. The molecule has 1 rings (SSSR count). The first-order valence-corrected chi connectivity index (χ1v) is 16.9. The Morgan fingerprint density at radius 1 is 0.800 bits per heavy atom. The van der Waals surface area contributed by atoms with Crippen LogP contribution in [0.15, 0.2) is 58.7 Å². The van der Waals surface area contributed by atoms with Gasteiger partial charge in [0.1, 0.15) is 0 Å². The van der Waals surface area contributed by atoms with Gasteiger partial charge in [0, 0.05) is 13.0 Å². The number of hydrogen-bond acceptors (Lipinski definition) is 1. The number of carbonyl (C=O) groups excluding carboxylic acids is 1. The third-order valence-electron chi connectivity index (χ3n) is 8.50. The molecule has 0 radical (unpaired) electrons. The average Bonchev–Trinajstić information content (AvgIpc) is 2.90. The van der Waals surface area contributed by atoms with Crippen LogP contribution in [0.2, 0.25) is 0 Å². The summed E-state index contributed by atoms with van der Waals surface area (Å²) in [6, 6.07) is 0. The van der Waals surface area contributed by atoms with Crippen molar-refractivity contribution in [3.63, 3.8) is 0 Å². The molecule has 0 aromatic carbocycles. The molecule has 0 saturated heterocycles. The standard InChI is InChI=1S/C38H65NO/c1-7-8-9-10-11-12-13-14-15-16-17-18-19-20-21-27-37(40)39-32-30-34(3)25-22-24-33(2)28-29-36-35(4)26-23-31-38(36,5)6/h22,24-25,28-30H,7-21,23,26-27,31-32H2,1-6H3,(H,39,40). The fourth-order valence-corrected chi connectivity index (χ4v) is 5.77. The highest BCUT2D eigenvalue weighted by Gasteiger charge is 2.26. The van der Waals surface area contributed by atoms with Gasteiger partial charge < -0.3 is 5.32 Å². The molecule has 0 unspecified atom stereocenters. The highest BCUT2D eigenvalue weighted by Crippen LogP contribution is 2.40. The molecule has 1 aliphatic rings. The van der Waals surface area contributed by atoms with E-state index in [1.807, 2.05) is 0 Å². The first-order chi connectivity index (χ1) is 19.3. The lowest BCUT2D eigenvalue weighted by atomic mass is 9.72. The SMILES string of the molecule is CCCCCCCCCCCCCCCCCC(=O)NCC=C(C)C=CC=C(C)C=CC1=C(C)CCCC1(C)C. The van der Waals surface area contributed by atoms with E-state index < -0.39 is 0 Å². The summed E-state index contributed by atoms with van der Waals surface area (Å²) in [6.45, 7) is 14.2. The summed E-state index contributed by atoms with van der Waals surface area (Å²) in [6.07, 6.45) is 37.8. The van der Waals surface area contributed by atoms with Gasteiger partial charge in [0.25, 0.3) is 0 Å². The van der Waals surface area contributed by atoms with Gasteiger partial charge in [0.2, 0.25) is 5.91 Å².